The SMILES string of the molecule is COCCOCCOCCOCCOCCOCCC(=O)NCCCCC(N)C(=O)NCCCCCCn1nc(-c2ccc(NC(=O)N3Cc4ccncc4C3)cc2)cc(-c2ccc3cccnc3c2)c1=O. The Labute approximate surface area is 421 Å². The quantitative estimate of drug-likeness (QED) is 0.0374. The van der Waals surface area contributed by atoms with Crippen molar-refractivity contribution < 1.29 is 42.8 Å². The molecule has 19 nitrogen and oxygen atoms in total. The number of benzene rings is 2. The molecule has 1 unspecified atom stereocenters. The van der Waals surface area contributed by atoms with E-state index in [9.17, 15) is 19.2 Å². The van der Waals surface area contributed by atoms with Gasteiger partial charge in [0, 0.05) is 81.5 Å². The number of aromatic nitrogens is 4. The maximum Gasteiger partial charge on any atom is 0.322 e. The number of nitrogens with one attached hydrogen (secondary N) is 3. The summed E-state index contributed by atoms with van der Waals surface area (Å²) in [5, 5.41) is 14.6. The van der Waals surface area contributed by atoms with Crippen LogP contribution in [0.5, 0.6) is 0 Å². The van der Waals surface area contributed by atoms with Crippen LogP contribution in [0, 0.1) is 0 Å². The molecule has 4 amide bonds. The highest BCUT2D eigenvalue weighted by Crippen LogP contribution is 2.27. The van der Waals surface area contributed by atoms with Gasteiger partial charge in [-0.1, -0.05) is 43.2 Å². The summed E-state index contributed by atoms with van der Waals surface area (Å²) in [5.41, 5.74) is 12.2. The number of amides is 4. The maximum absolute atomic E-state index is 14.0. The highest BCUT2D eigenvalue weighted by Gasteiger charge is 2.23. The van der Waals surface area contributed by atoms with Gasteiger partial charge in [-0.05, 0) is 85.2 Å². The normalized spacial score (nSPS) is 12.5. The Hall–Kier alpha value is -6.19. The van der Waals surface area contributed by atoms with Crippen molar-refractivity contribution in [3.05, 3.63) is 107 Å². The minimum atomic E-state index is -0.627. The number of aryl methyl sites for hydroxylation is 1. The van der Waals surface area contributed by atoms with Gasteiger partial charge in [0.05, 0.1) is 95.5 Å². The molecule has 0 radical (unpaired) electrons. The molecule has 1 aliphatic heterocycles. The summed E-state index contributed by atoms with van der Waals surface area (Å²) >= 11 is 0. The molecule has 6 rings (SSSR count). The van der Waals surface area contributed by atoms with Crippen molar-refractivity contribution in [1.82, 2.24) is 35.3 Å². The van der Waals surface area contributed by atoms with Crippen LogP contribution in [0.15, 0.2) is 90.1 Å². The van der Waals surface area contributed by atoms with Gasteiger partial charge < -0.3 is 55.0 Å². The minimum Gasteiger partial charge on any atom is -0.382 e. The van der Waals surface area contributed by atoms with Crippen LogP contribution in [0.3, 0.4) is 0 Å². The minimum absolute atomic E-state index is 0.0931. The number of carbonyl (C=O) groups is 3. The number of fused-ring (bicyclic) bond motifs is 2. The number of rotatable bonds is 34. The van der Waals surface area contributed by atoms with Crippen LogP contribution in [0.1, 0.15) is 62.5 Å². The molecular weight excluding hydrogens is 923 g/mol. The fourth-order valence-corrected chi connectivity index (χ4v) is 7.87. The van der Waals surface area contributed by atoms with Crippen molar-refractivity contribution in [2.45, 2.75) is 77.0 Å². The van der Waals surface area contributed by atoms with Gasteiger partial charge in [0.2, 0.25) is 11.8 Å². The molecule has 19 heteroatoms. The summed E-state index contributed by atoms with van der Waals surface area (Å²) in [5.74, 6) is -0.284. The summed E-state index contributed by atoms with van der Waals surface area (Å²) in [4.78, 5) is 62.4. The van der Waals surface area contributed by atoms with E-state index in [1.807, 2.05) is 66.7 Å². The Morgan fingerprint density at radius 3 is 2.07 bits per heavy atom. The van der Waals surface area contributed by atoms with E-state index in [0.717, 1.165) is 52.4 Å². The second kappa shape index (κ2) is 31.3. The summed E-state index contributed by atoms with van der Waals surface area (Å²) in [6, 6.07) is 20.1. The van der Waals surface area contributed by atoms with Crippen molar-refractivity contribution in [3.8, 4) is 22.4 Å². The Morgan fingerprint density at radius 1 is 0.694 bits per heavy atom. The van der Waals surface area contributed by atoms with E-state index in [0.29, 0.717) is 148 Å². The number of pyridine rings is 2. The Kier molecular flexibility index (Phi) is 24.0. The van der Waals surface area contributed by atoms with E-state index in [1.54, 1.807) is 30.6 Å². The van der Waals surface area contributed by atoms with E-state index in [1.165, 1.54) is 4.68 Å². The first-order valence-electron chi connectivity index (χ1n) is 25.0. The lowest BCUT2D eigenvalue weighted by Gasteiger charge is -2.16. The summed E-state index contributed by atoms with van der Waals surface area (Å²) in [7, 11) is 1.63. The number of nitrogens with zero attached hydrogens (tertiary/aromatic N) is 5. The summed E-state index contributed by atoms with van der Waals surface area (Å²) in [6.07, 6.45) is 10.6. The molecule has 5 aromatic rings. The van der Waals surface area contributed by atoms with E-state index >= 15 is 0 Å². The molecule has 388 valence electrons. The molecule has 1 aliphatic rings. The number of anilines is 1. The number of urea groups is 1. The van der Waals surface area contributed by atoms with Crippen molar-refractivity contribution in [3.63, 3.8) is 0 Å². The van der Waals surface area contributed by atoms with Crippen LogP contribution in [0.2, 0.25) is 0 Å². The van der Waals surface area contributed by atoms with E-state index in [4.69, 9.17) is 39.3 Å². The topological polar surface area (TPSA) is 233 Å². The van der Waals surface area contributed by atoms with Gasteiger partial charge in [-0.15, -0.1) is 0 Å². The molecule has 72 heavy (non-hydrogen) atoms. The van der Waals surface area contributed by atoms with Crippen molar-refractivity contribution in [2.75, 3.05) is 98.2 Å². The average molecular weight is 994 g/mol. The smallest absolute Gasteiger partial charge is 0.322 e. The van der Waals surface area contributed by atoms with Crippen LogP contribution < -0.4 is 27.2 Å². The molecule has 3 aromatic heterocycles. The third-order valence-electron chi connectivity index (χ3n) is 11.9. The number of carbonyl (C=O) groups excluding carboxylic acids is 3. The second-order valence-corrected chi connectivity index (χ2v) is 17.4. The monoisotopic (exact) mass is 994 g/mol. The standard InChI is InChI=1S/C53H71N9O10/c1-67-25-26-69-29-30-71-33-34-72-32-31-70-28-27-68-24-18-50(63)57-19-6-4-10-47(54)51(64)58-20-5-2-3-7-23-62-52(65)46(42-12-11-40-9-8-21-56-48(40)35-42)36-49(60-62)41-13-15-45(16-14-41)59-53(66)61-38-43-17-22-55-37-44(43)39-61/h8-9,11-17,21-22,35-37,47H,2-7,10,18-20,23-34,38-39,54H2,1H3,(H,57,63)(H,58,64)(H,59,66). The highest BCUT2D eigenvalue weighted by molar-refractivity contribution is 5.90. The van der Waals surface area contributed by atoms with Crippen molar-refractivity contribution in [1.29, 1.82) is 0 Å². The number of hydrogen-bond donors (Lipinski definition) is 4. The van der Waals surface area contributed by atoms with Gasteiger partial charge in [-0.2, -0.15) is 5.10 Å². The van der Waals surface area contributed by atoms with Crippen LogP contribution >= 0.6 is 0 Å². The summed E-state index contributed by atoms with van der Waals surface area (Å²) < 4.78 is 33.6. The Morgan fingerprint density at radius 2 is 1.35 bits per heavy atom. The first kappa shape index (κ1) is 55.1. The average Bonchev–Trinajstić information content (AvgIpc) is 3.84. The molecule has 0 fully saturated rings. The molecule has 0 bridgehead atoms. The van der Waals surface area contributed by atoms with E-state index < -0.39 is 6.04 Å². The predicted molar refractivity (Wildman–Crippen MR) is 274 cm³/mol. The fraction of sp³-hybridized carbons (Fsp3) is 0.491. The van der Waals surface area contributed by atoms with Crippen molar-refractivity contribution >= 4 is 34.4 Å². The van der Waals surface area contributed by atoms with Crippen LogP contribution in [-0.4, -0.2) is 141 Å². The largest absolute Gasteiger partial charge is 0.382 e. The number of ether oxygens (including phenoxy) is 6. The molecule has 5 N–H and O–H groups in total. The predicted octanol–water partition coefficient (Wildman–Crippen LogP) is 5.48. The lowest BCUT2D eigenvalue weighted by Crippen LogP contribution is -2.41. The lowest BCUT2D eigenvalue weighted by atomic mass is 10.0. The highest BCUT2D eigenvalue weighted by atomic mass is 16.6. The molecule has 0 aliphatic carbocycles. The molecule has 1 atom stereocenters. The van der Waals surface area contributed by atoms with Gasteiger partial charge in [-0.3, -0.25) is 24.4 Å². The van der Waals surface area contributed by atoms with Gasteiger partial charge in [-0.25, -0.2) is 9.48 Å². The number of unbranched alkanes of at least 4 members (excludes halogenated alkanes) is 4. The van der Waals surface area contributed by atoms with E-state index in [2.05, 4.69) is 25.9 Å². The second-order valence-electron chi connectivity index (χ2n) is 17.4. The summed E-state index contributed by atoms with van der Waals surface area (Å²) in [6.45, 7) is 7.60. The zero-order chi connectivity index (χ0) is 50.6. The first-order chi connectivity index (χ1) is 35.3. The van der Waals surface area contributed by atoms with E-state index in [-0.39, 0.29) is 29.8 Å². The zero-order valence-corrected chi connectivity index (χ0v) is 41.5. The fourth-order valence-electron chi connectivity index (χ4n) is 7.87. The molecule has 0 spiro atoms. The lowest BCUT2D eigenvalue weighted by molar-refractivity contribution is -0.123. The number of hydrogen-bond acceptors (Lipinski definition) is 14. The van der Waals surface area contributed by atoms with Crippen LogP contribution in [-0.2, 0) is 57.6 Å². The van der Waals surface area contributed by atoms with Gasteiger partial charge in [0.1, 0.15) is 0 Å². The maximum atomic E-state index is 14.0. The van der Waals surface area contributed by atoms with Crippen LogP contribution in [0.4, 0.5) is 10.5 Å². The van der Waals surface area contributed by atoms with Crippen LogP contribution in [0.25, 0.3) is 33.3 Å². The third-order valence-corrected chi connectivity index (χ3v) is 11.9. The van der Waals surface area contributed by atoms with Gasteiger partial charge in [0.15, 0.2) is 0 Å². The molecule has 4 heterocycles. The van der Waals surface area contributed by atoms with Crippen molar-refractivity contribution in [2.24, 2.45) is 5.73 Å². The Bertz CT molecular complexity index is 2470. The zero-order valence-electron chi connectivity index (χ0n) is 41.5. The molecule has 0 saturated heterocycles. The van der Waals surface area contributed by atoms with Gasteiger partial charge >= 0.3 is 6.03 Å². The molecule has 0 saturated carbocycles. The molecular formula is C53H71N9O10. The number of methoxy groups -OCH3 is 1. The third kappa shape index (κ3) is 18.8. The first-order valence-corrected chi connectivity index (χ1v) is 25.0. The molecule has 2 aromatic carbocycles. The number of nitrogens with two attached hydrogens (primary N) is 1. The Balaban J connectivity index is 0.829. The van der Waals surface area contributed by atoms with Gasteiger partial charge in [0.25, 0.3) is 5.56 Å².